The highest BCUT2D eigenvalue weighted by Crippen LogP contribution is 2.27. The van der Waals surface area contributed by atoms with Gasteiger partial charge in [-0.2, -0.15) is 0 Å². The number of benzene rings is 1. The fourth-order valence-corrected chi connectivity index (χ4v) is 3.95. The highest BCUT2D eigenvalue weighted by Gasteiger charge is 2.26. The molecule has 1 N–H and O–H groups in total. The van der Waals surface area contributed by atoms with Gasteiger partial charge in [0.05, 0.1) is 11.6 Å². The van der Waals surface area contributed by atoms with Crippen molar-refractivity contribution in [2.45, 2.75) is 12.8 Å². The molecule has 1 aromatic heterocycles. The van der Waals surface area contributed by atoms with E-state index < -0.39 is 0 Å². The third-order valence-electron chi connectivity index (χ3n) is 4.61. The molecule has 1 amide bonds. The number of rotatable bonds is 6. The third-order valence-corrected chi connectivity index (χ3v) is 5.62. The predicted molar refractivity (Wildman–Crippen MR) is 109 cm³/mol. The van der Waals surface area contributed by atoms with E-state index in [4.69, 9.17) is 11.6 Å². The van der Waals surface area contributed by atoms with Crippen LogP contribution in [0.1, 0.15) is 12.8 Å². The summed E-state index contributed by atoms with van der Waals surface area (Å²) in [5, 5.41) is 6.33. The highest BCUT2D eigenvalue weighted by molar-refractivity contribution is 7.14. The lowest BCUT2D eigenvalue weighted by molar-refractivity contribution is -0.121. The maximum atomic E-state index is 12.6. The van der Waals surface area contributed by atoms with Crippen molar-refractivity contribution in [1.29, 1.82) is 0 Å². The number of hydrogen-bond donors (Lipinski definition) is 1. The average Bonchev–Trinajstić information content (AvgIpc) is 3.09. The van der Waals surface area contributed by atoms with Gasteiger partial charge in [-0.3, -0.25) is 4.79 Å². The van der Waals surface area contributed by atoms with Crippen molar-refractivity contribution in [2.75, 3.05) is 45.6 Å². The van der Waals surface area contributed by atoms with Crippen molar-refractivity contribution in [3.05, 3.63) is 34.7 Å². The minimum absolute atomic E-state index is 0.0359. The lowest BCUT2D eigenvalue weighted by atomic mass is 9.97. The van der Waals surface area contributed by atoms with Gasteiger partial charge in [-0.15, -0.1) is 11.3 Å². The van der Waals surface area contributed by atoms with Crippen molar-refractivity contribution < 1.29 is 4.79 Å². The molecule has 2 aromatic rings. The van der Waals surface area contributed by atoms with Crippen LogP contribution in [-0.2, 0) is 4.79 Å². The Morgan fingerprint density at radius 2 is 2.15 bits per heavy atom. The number of nitrogens with zero attached hydrogens (tertiary/aromatic N) is 3. The van der Waals surface area contributed by atoms with Crippen LogP contribution in [-0.4, -0.2) is 61.0 Å². The van der Waals surface area contributed by atoms with Gasteiger partial charge in [-0.05, 0) is 45.6 Å². The normalized spacial score (nSPS) is 18.2. The number of thiazole rings is 1. The number of piperidine rings is 1. The molecule has 0 bridgehead atoms. The van der Waals surface area contributed by atoms with Gasteiger partial charge in [0, 0.05) is 35.6 Å². The van der Waals surface area contributed by atoms with Crippen LogP contribution in [0.4, 0.5) is 5.13 Å². The van der Waals surface area contributed by atoms with Gasteiger partial charge < -0.3 is 15.1 Å². The number of nitrogens with one attached hydrogen (secondary N) is 1. The molecule has 1 saturated heterocycles. The second kappa shape index (κ2) is 8.95. The summed E-state index contributed by atoms with van der Waals surface area (Å²) in [5.74, 6) is 0.116. The molecule has 0 saturated carbocycles. The Kier molecular flexibility index (Phi) is 6.64. The lowest BCUT2D eigenvalue weighted by Gasteiger charge is -2.32. The molecule has 1 fully saturated rings. The zero-order chi connectivity index (χ0) is 18.5. The summed E-state index contributed by atoms with van der Waals surface area (Å²) in [6.07, 6.45) is 2.01. The molecule has 26 heavy (non-hydrogen) atoms. The van der Waals surface area contributed by atoms with Gasteiger partial charge in [0.15, 0.2) is 5.13 Å². The third kappa shape index (κ3) is 5.27. The second-order valence-electron chi connectivity index (χ2n) is 6.98. The van der Waals surface area contributed by atoms with Gasteiger partial charge in [0.25, 0.3) is 0 Å². The first-order chi connectivity index (χ1) is 12.5. The zero-order valence-electron chi connectivity index (χ0n) is 15.2. The van der Waals surface area contributed by atoms with E-state index in [0.29, 0.717) is 10.2 Å². The smallest absolute Gasteiger partial charge is 0.230 e. The molecule has 2 heterocycles. The van der Waals surface area contributed by atoms with E-state index in [1.54, 1.807) is 0 Å². The van der Waals surface area contributed by atoms with Crippen LogP contribution < -0.4 is 5.32 Å². The summed E-state index contributed by atoms with van der Waals surface area (Å²) < 4.78 is 0. The summed E-state index contributed by atoms with van der Waals surface area (Å²) in [7, 11) is 4.16. The van der Waals surface area contributed by atoms with Crippen molar-refractivity contribution >= 4 is 34.0 Å². The Balaban J connectivity index is 1.57. The van der Waals surface area contributed by atoms with Crippen LogP contribution in [0.25, 0.3) is 11.3 Å². The first-order valence-electron chi connectivity index (χ1n) is 8.90. The molecular formula is C19H25ClN4OS. The molecule has 5 nitrogen and oxygen atoms in total. The number of aromatic nitrogens is 1. The van der Waals surface area contributed by atoms with Gasteiger partial charge in [-0.25, -0.2) is 4.98 Å². The Labute approximate surface area is 164 Å². The first-order valence-corrected chi connectivity index (χ1v) is 10.2. The van der Waals surface area contributed by atoms with Crippen LogP contribution in [0, 0.1) is 5.92 Å². The van der Waals surface area contributed by atoms with Crippen LogP contribution >= 0.6 is 22.9 Å². The number of carbonyl (C=O) groups excluding carboxylic acids is 1. The van der Waals surface area contributed by atoms with Crippen LogP contribution in [0.3, 0.4) is 0 Å². The van der Waals surface area contributed by atoms with Gasteiger partial charge in [0.2, 0.25) is 5.91 Å². The molecule has 0 spiro atoms. The van der Waals surface area contributed by atoms with E-state index in [-0.39, 0.29) is 11.8 Å². The molecule has 3 rings (SSSR count). The molecule has 1 aromatic carbocycles. The summed E-state index contributed by atoms with van der Waals surface area (Å²) in [6, 6.07) is 7.57. The molecule has 1 atom stereocenters. The minimum atomic E-state index is 0.0359. The lowest BCUT2D eigenvalue weighted by Crippen LogP contribution is -2.43. The van der Waals surface area contributed by atoms with Gasteiger partial charge in [-0.1, -0.05) is 23.7 Å². The predicted octanol–water partition coefficient (Wildman–Crippen LogP) is 3.68. The molecule has 140 valence electrons. The number of anilines is 1. The summed E-state index contributed by atoms with van der Waals surface area (Å²) >= 11 is 7.39. The maximum absolute atomic E-state index is 12.6. The molecular weight excluding hydrogens is 368 g/mol. The SMILES string of the molecule is CN(C)CCN1CCCC(C(=O)Nc2nc(-c3ccc(Cl)cc3)cs2)C1. The van der Waals surface area contributed by atoms with E-state index >= 15 is 0 Å². The molecule has 1 unspecified atom stereocenters. The van der Waals surface area contributed by atoms with Crippen LogP contribution in [0.15, 0.2) is 29.6 Å². The Morgan fingerprint density at radius 3 is 2.88 bits per heavy atom. The quantitative estimate of drug-likeness (QED) is 0.814. The van der Waals surface area contributed by atoms with E-state index in [1.807, 2.05) is 29.6 Å². The Bertz CT molecular complexity index is 731. The van der Waals surface area contributed by atoms with E-state index in [0.717, 1.165) is 50.3 Å². The largest absolute Gasteiger partial charge is 0.308 e. The summed E-state index contributed by atoms with van der Waals surface area (Å²) in [5.41, 5.74) is 1.86. The number of hydrogen-bond acceptors (Lipinski definition) is 5. The van der Waals surface area contributed by atoms with Crippen molar-refractivity contribution in [1.82, 2.24) is 14.8 Å². The number of amides is 1. The summed E-state index contributed by atoms with van der Waals surface area (Å²) in [4.78, 5) is 21.8. The molecule has 1 aliphatic rings. The van der Waals surface area contributed by atoms with Crippen molar-refractivity contribution in [2.24, 2.45) is 5.92 Å². The minimum Gasteiger partial charge on any atom is -0.308 e. The topological polar surface area (TPSA) is 48.5 Å². The molecule has 1 aliphatic heterocycles. The molecule has 0 radical (unpaired) electrons. The van der Waals surface area contributed by atoms with E-state index in [9.17, 15) is 4.79 Å². The van der Waals surface area contributed by atoms with Crippen molar-refractivity contribution in [3.8, 4) is 11.3 Å². The van der Waals surface area contributed by atoms with Crippen LogP contribution in [0.2, 0.25) is 5.02 Å². The first kappa shape index (κ1) is 19.3. The summed E-state index contributed by atoms with van der Waals surface area (Å²) in [6.45, 7) is 3.94. The van der Waals surface area contributed by atoms with Gasteiger partial charge in [0.1, 0.15) is 0 Å². The van der Waals surface area contributed by atoms with Gasteiger partial charge >= 0.3 is 0 Å². The molecule has 0 aliphatic carbocycles. The fraction of sp³-hybridized carbons (Fsp3) is 0.474. The number of halogens is 1. The van der Waals surface area contributed by atoms with Crippen molar-refractivity contribution in [3.63, 3.8) is 0 Å². The molecule has 7 heteroatoms. The fourth-order valence-electron chi connectivity index (χ4n) is 3.11. The highest BCUT2D eigenvalue weighted by atomic mass is 35.5. The monoisotopic (exact) mass is 392 g/mol. The average molecular weight is 393 g/mol. The standard InChI is InChI=1S/C19H25ClN4OS/c1-23(2)10-11-24-9-3-4-15(12-24)18(25)22-19-21-17(13-26-19)14-5-7-16(20)8-6-14/h5-8,13,15H,3-4,9-12H2,1-2H3,(H,21,22,25). The van der Waals surface area contributed by atoms with E-state index in [1.165, 1.54) is 11.3 Å². The maximum Gasteiger partial charge on any atom is 0.230 e. The zero-order valence-corrected chi connectivity index (χ0v) is 16.8. The number of carbonyl (C=O) groups is 1. The Hall–Kier alpha value is -1.47. The van der Waals surface area contributed by atoms with Crippen LogP contribution in [0.5, 0.6) is 0 Å². The van der Waals surface area contributed by atoms with E-state index in [2.05, 4.69) is 34.2 Å². The number of likely N-dealkylation sites (tertiary alicyclic amines) is 1. The second-order valence-corrected chi connectivity index (χ2v) is 8.27. The Morgan fingerprint density at radius 1 is 1.38 bits per heavy atom. The number of likely N-dealkylation sites (N-methyl/N-ethyl adjacent to an activating group) is 1.